The third kappa shape index (κ3) is 3.64. The summed E-state index contributed by atoms with van der Waals surface area (Å²) < 4.78 is 11.7. The highest BCUT2D eigenvalue weighted by Gasteiger charge is 2.57. The van der Waals surface area contributed by atoms with Gasteiger partial charge in [-0.25, -0.2) is 0 Å². The second-order valence-corrected chi connectivity index (χ2v) is 9.18. The third-order valence-corrected chi connectivity index (χ3v) is 6.63. The van der Waals surface area contributed by atoms with Crippen molar-refractivity contribution in [1.82, 2.24) is 5.32 Å². The Morgan fingerprint density at radius 2 is 1.91 bits per heavy atom. The van der Waals surface area contributed by atoms with Crippen molar-refractivity contribution in [3.05, 3.63) is 59.2 Å². The van der Waals surface area contributed by atoms with Gasteiger partial charge in [-0.15, -0.1) is 0 Å². The number of carbonyl (C=O) groups is 1. The van der Waals surface area contributed by atoms with Crippen molar-refractivity contribution in [2.45, 2.75) is 58.5 Å². The number of ether oxygens (including phenoxy) is 2. The summed E-state index contributed by atoms with van der Waals surface area (Å²) in [4.78, 5) is 15.0. The van der Waals surface area contributed by atoms with Gasteiger partial charge >= 0.3 is 0 Å². The minimum atomic E-state index is -0.623. The summed E-state index contributed by atoms with van der Waals surface area (Å²) in [6.07, 6.45) is 5.68. The molecule has 5 nitrogen and oxygen atoms in total. The maximum Gasteiger partial charge on any atom is 0.223 e. The normalized spacial score (nSPS) is 21.3. The number of nitrogens with one attached hydrogen (secondary N) is 1. The molecule has 1 fully saturated rings. The Bertz CT molecular complexity index is 1040. The standard InChI is InChI=1S/C27H34N2O3/c1-6-16-32-23-11-9-20(18-24(23)31-7-2)12-14-27-26(4,5)21-17-19(3)8-10-22(21)29(27)15-13-25(30)28-27/h8-12,14,17-18H,6-7,13,15-16H2,1-5H3,(H,28,30). The average molecular weight is 435 g/mol. The second kappa shape index (κ2) is 8.53. The summed E-state index contributed by atoms with van der Waals surface area (Å²) in [5.74, 6) is 1.59. The lowest BCUT2D eigenvalue weighted by atomic mass is 9.74. The van der Waals surface area contributed by atoms with Gasteiger partial charge < -0.3 is 19.7 Å². The summed E-state index contributed by atoms with van der Waals surface area (Å²) in [5, 5.41) is 3.34. The van der Waals surface area contributed by atoms with Crippen molar-refractivity contribution in [2.75, 3.05) is 24.7 Å². The van der Waals surface area contributed by atoms with Crippen LogP contribution in [0.4, 0.5) is 5.69 Å². The molecule has 0 radical (unpaired) electrons. The predicted octanol–water partition coefficient (Wildman–Crippen LogP) is 5.21. The quantitative estimate of drug-likeness (QED) is 0.650. The van der Waals surface area contributed by atoms with E-state index in [1.54, 1.807) is 0 Å². The van der Waals surface area contributed by atoms with E-state index in [0.717, 1.165) is 23.5 Å². The SMILES string of the molecule is CCCOc1ccc(C=CC23NC(=O)CCN2c2ccc(C)cc2C3(C)C)cc1OCC. The summed E-state index contributed by atoms with van der Waals surface area (Å²) in [6, 6.07) is 12.6. The van der Waals surface area contributed by atoms with Crippen molar-refractivity contribution in [3.63, 3.8) is 0 Å². The summed E-state index contributed by atoms with van der Waals surface area (Å²) in [5.41, 5.74) is 3.78. The van der Waals surface area contributed by atoms with Crippen molar-refractivity contribution in [3.8, 4) is 11.5 Å². The Morgan fingerprint density at radius 1 is 1.09 bits per heavy atom. The lowest BCUT2D eigenvalue weighted by molar-refractivity contribution is -0.124. The van der Waals surface area contributed by atoms with E-state index in [1.165, 1.54) is 16.8 Å². The molecule has 2 aliphatic rings. The van der Waals surface area contributed by atoms with Gasteiger partial charge in [-0.05, 0) is 55.7 Å². The van der Waals surface area contributed by atoms with E-state index in [2.05, 4.69) is 68.3 Å². The van der Waals surface area contributed by atoms with Crippen LogP contribution < -0.4 is 19.7 Å². The van der Waals surface area contributed by atoms with Gasteiger partial charge in [-0.2, -0.15) is 0 Å². The molecule has 2 heterocycles. The monoisotopic (exact) mass is 434 g/mol. The Balaban J connectivity index is 1.74. The Hall–Kier alpha value is -2.95. The van der Waals surface area contributed by atoms with Crippen LogP contribution in [0.2, 0.25) is 0 Å². The molecule has 0 bridgehead atoms. The van der Waals surface area contributed by atoms with Crippen molar-refractivity contribution >= 4 is 17.7 Å². The zero-order chi connectivity index (χ0) is 22.9. The van der Waals surface area contributed by atoms with E-state index in [1.807, 2.05) is 25.1 Å². The fraction of sp³-hybridized carbons (Fsp3) is 0.444. The number of hydrogen-bond donors (Lipinski definition) is 1. The highest BCUT2D eigenvalue weighted by molar-refractivity contribution is 5.84. The van der Waals surface area contributed by atoms with Gasteiger partial charge in [0.2, 0.25) is 5.91 Å². The molecule has 2 aliphatic heterocycles. The number of anilines is 1. The van der Waals surface area contributed by atoms with Crippen LogP contribution in [0.15, 0.2) is 42.5 Å². The van der Waals surface area contributed by atoms with E-state index < -0.39 is 5.66 Å². The molecule has 1 N–H and O–H groups in total. The highest BCUT2D eigenvalue weighted by atomic mass is 16.5. The average Bonchev–Trinajstić information content (AvgIpc) is 2.95. The molecule has 2 aromatic carbocycles. The van der Waals surface area contributed by atoms with Gasteiger partial charge in [-0.1, -0.05) is 50.6 Å². The molecule has 2 aromatic rings. The molecule has 1 saturated heterocycles. The van der Waals surface area contributed by atoms with Crippen LogP contribution in [-0.4, -0.2) is 31.3 Å². The first-order valence-electron chi connectivity index (χ1n) is 11.6. The van der Waals surface area contributed by atoms with Gasteiger partial charge in [0, 0.05) is 24.1 Å². The molecule has 1 unspecified atom stereocenters. The maximum atomic E-state index is 12.6. The lowest BCUT2D eigenvalue weighted by Crippen LogP contribution is -2.68. The smallest absolute Gasteiger partial charge is 0.223 e. The largest absolute Gasteiger partial charge is 0.490 e. The predicted molar refractivity (Wildman–Crippen MR) is 129 cm³/mol. The van der Waals surface area contributed by atoms with Crippen LogP contribution in [0, 0.1) is 6.92 Å². The molecule has 4 rings (SSSR count). The topological polar surface area (TPSA) is 50.8 Å². The number of aryl methyl sites for hydroxylation is 1. The van der Waals surface area contributed by atoms with E-state index in [4.69, 9.17) is 9.47 Å². The Morgan fingerprint density at radius 3 is 2.66 bits per heavy atom. The van der Waals surface area contributed by atoms with Crippen LogP contribution in [-0.2, 0) is 10.2 Å². The number of rotatable bonds is 7. The molecule has 0 saturated carbocycles. The molecular weight excluding hydrogens is 400 g/mol. The first-order valence-corrected chi connectivity index (χ1v) is 11.6. The number of nitrogens with zero attached hydrogens (tertiary/aromatic N) is 1. The molecule has 1 atom stereocenters. The molecule has 5 heteroatoms. The van der Waals surface area contributed by atoms with Crippen LogP contribution in [0.25, 0.3) is 6.08 Å². The van der Waals surface area contributed by atoms with E-state index in [0.29, 0.717) is 26.2 Å². The van der Waals surface area contributed by atoms with Crippen molar-refractivity contribution in [1.29, 1.82) is 0 Å². The molecule has 0 aliphatic carbocycles. The van der Waals surface area contributed by atoms with Crippen LogP contribution >= 0.6 is 0 Å². The fourth-order valence-electron chi connectivity index (χ4n) is 4.91. The van der Waals surface area contributed by atoms with Crippen LogP contribution in [0.1, 0.15) is 57.2 Å². The zero-order valence-corrected chi connectivity index (χ0v) is 19.8. The minimum absolute atomic E-state index is 0.0850. The Labute approximate surface area is 191 Å². The number of benzene rings is 2. The maximum absolute atomic E-state index is 12.6. The van der Waals surface area contributed by atoms with Crippen molar-refractivity contribution < 1.29 is 14.3 Å². The molecule has 0 aromatic heterocycles. The molecule has 0 spiro atoms. The molecule has 170 valence electrons. The Kier molecular flexibility index (Phi) is 5.93. The molecular formula is C27H34N2O3. The fourth-order valence-corrected chi connectivity index (χ4v) is 4.91. The molecule has 32 heavy (non-hydrogen) atoms. The first-order chi connectivity index (χ1) is 15.3. The van der Waals surface area contributed by atoms with Gasteiger partial charge in [0.25, 0.3) is 0 Å². The number of hydrogen-bond acceptors (Lipinski definition) is 4. The van der Waals surface area contributed by atoms with E-state index >= 15 is 0 Å². The minimum Gasteiger partial charge on any atom is -0.490 e. The van der Waals surface area contributed by atoms with Gasteiger partial charge in [0.15, 0.2) is 11.5 Å². The van der Waals surface area contributed by atoms with Gasteiger partial charge in [0.1, 0.15) is 5.66 Å². The highest BCUT2D eigenvalue weighted by Crippen LogP contribution is 2.52. The molecule has 1 amide bonds. The van der Waals surface area contributed by atoms with Gasteiger partial charge in [0.05, 0.1) is 13.2 Å². The summed E-state index contributed by atoms with van der Waals surface area (Å²) in [6.45, 7) is 12.5. The van der Waals surface area contributed by atoms with E-state index in [9.17, 15) is 4.79 Å². The first kappa shape index (κ1) is 22.3. The second-order valence-electron chi connectivity index (χ2n) is 9.18. The number of fused-ring (bicyclic) bond motifs is 3. The van der Waals surface area contributed by atoms with Crippen LogP contribution in [0.3, 0.4) is 0 Å². The third-order valence-electron chi connectivity index (χ3n) is 6.63. The van der Waals surface area contributed by atoms with Crippen molar-refractivity contribution in [2.24, 2.45) is 0 Å². The van der Waals surface area contributed by atoms with Crippen LogP contribution in [0.5, 0.6) is 11.5 Å². The zero-order valence-electron chi connectivity index (χ0n) is 19.8. The number of amides is 1. The summed E-state index contributed by atoms with van der Waals surface area (Å²) in [7, 11) is 0. The van der Waals surface area contributed by atoms with E-state index in [-0.39, 0.29) is 11.3 Å². The number of carbonyl (C=O) groups excluding carboxylic acids is 1. The summed E-state index contributed by atoms with van der Waals surface area (Å²) >= 11 is 0. The van der Waals surface area contributed by atoms with Gasteiger partial charge in [-0.3, -0.25) is 4.79 Å². The lowest BCUT2D eigenvalue weighted by Gasteiger charge is -2.49.